The Bertz CT molecular complexity index is 613. The first-order chi connectivity index (χ1) is 9.45. The molecule has 0 spiro atoms. The van der Waals surface area contributed by atoms with Crippen molar-refractivity contribution in [3.05, 3.63) is 29.8 Å². The number of benzene rings is 1. The van der Waals surface area contributed by atoms with E-state index in [0.717, 1.165) is 12.1 Å². The van der Waals surface area contributed by atoms with Crippen molar-refractivity contribution in [3.8, 4) is 5.75 Å². The molecule has 0 radical (unpaired) electrons. The van der Waals surface area contributed by atoms with Gasteiger partial charge in [-0.3, -0.25) is 4.79 Å². The first kappa shape index (κ1) is 17.2. The van der Waals surface area contributed by atoms with Gasteiger partial charge in [0.25, 0.3) is 0 Å². The van der Waals surface area contributed by atoms with Gasteiger partial charge in [0, 0.05) is 5.92 Å². The van der Waals surface area contributed by atoms with Gasteiger partial charge in [-0.1, -0.05) is 19.1 Å². The Morgan fingerprint density at radius 2 is 1.71 bits per heavy atom. The number of halogens is 3. The fraction of sp³-hybridized carbons (Fsp3) is 0.364. The number of rotatable bonds is 5. The molecule has 0 saturated carbocycles. The highest BCUT2D eigenvalue weighted by molar-refractivity contribution is 7.87. The average molecular weight is 326 g/mol. The van der Waals surface area contributed by atoms with Crippen LogP contribution in [0, 0.1) is 0 Å². The summed E-state index contributed by atoms with van der Waals surface area (Å²) in [5.74, 6) is -1.73. The van der Waals surface area contributed by atoms with Crippen LogP contribution in [0.15, 0.2) is 24.3 Å². The van der Waals surface area contributed by atoms with Crippen molar-refractivity contribution in [3.63, 3.8) is 0 Å². The van der Waals surface area contributed by atoms with E-state index in [4.69, 9.17) is 11.5 Å². The normalized spacial score (nSPS) is 15.3. The number of carbonyl (C=O) groups is 1. The second-order valence-corrected chi connectivity index (χ2v) is 5.81. The second-order valence-electron chi connectivity index (χ2n) is 4.27. The second kappa shape index (κ2) is 5.90. The Kier molecular flexibility index (Phi) is 4.84. The van der Waals surface area contributed by atoms with Crippen LogP contribution < -0.4 is 15.7 Å². The zero-order valence-corrected chi connectivity index (χ0v) is 11.6. The van der Waals surface area contributed by atoms with Gasteiger partial charge < -0.3 is 15.7 Å². The number of alkyl halides is 3. The molecule has 2 unspecified atom stereocenters. The van der Waals surface area contributed by atoms with E-state index in [2.05, 4.69) is 4.18 Å². The number of hydrogen-bond donors (Lipinski definition) is 2. The molecule has 0 heterocycles. The van der Waals surface area contributed by atoms with E-state index in [9.17, 15) is 26.4 Å². The Morgan fingerprint density at radius 1 is 1.24 bits per heavy atom. The molecule has 21 heavy (non-hydrogen) atoms. The highest BCUT2D eigenvalue weighted by Gasteiger charge is 2.48. The van der Waals surface area contributed by atoms with Crippen LogP contribution in [0.25, 0.3) is 0 Å². The third kappa shape index (κ3) is 4.08. The smallest absolute Gasteiger partial charge is 0.376 e. The number of amides is 1. The minimum absolute atomic E-state index is 0.490. The largest absolute Gasteiger partial charge is 0.534 e. The Balaban J connectivity index is 2.92. The van der Waals surface area contributed by atoms with Gasteiger partial charge >= 0.3 is 15.6 Å². The summed E-state index contributed by atoms with van der Waals surface area (Å²) in [6, 6.07) is 3.69. The van der Waals surface area contributed by atoms with Crippen LogP contribution in [-0.4, -0.2) is 25.9 Å². The maximum atomic E-state index is 12.1. The van der Waals surface area contributed by atoms with Crippen LogP contribution in [0.4, 0.5) is 13.2 Å². The highest BCUT2D eigenvalue weighted by Crippen LogP contribution is 2.28. The summed E-state index contributed by atoms with van der Waals surface area (Å²) < 4.78 is 62.0. The quantitative estimate of drug-likeness (QED) is 0.615. The lowest BCUT2D eigenvalue weighted by molar-refractivity contribution is -0.119. The molecular formula is C11H13F3N2O4S. The average Bonchev–Trinajstić information content (AvgIpc) is 2.36. The number of nitrogens with two attached hydrogens (primary N) is 2. The van der Waals surface area contributed by atoms with Gasteiger partial charge in [-0.25, -0.2) is 0 Å². The van der Waals surface area contributed by atoms with Crippen molar-refractivity contribution in [2.24, 2.45) is 11.5 Å². The van der Waals surface area contributed by atoms with E-state index >= 15 is 0 Å². The van der Waals surface area contributed by atoms with Crippen LogP contribution >= 0.6 is 0 Å². The standard InChI is InChI=1S/C11H13F3N2O4S/c1-6(9(15)10(16)17)7-2-4-8(5-3-7)20-21(18,19)11(12,13)14/h2-6,9H,15H2,1H3,(H2,16,17). The highest BCUT2D eigenvalue weighted by atomic mass is 32.2. The van der Waals surface area contributed by atoms with Gasteiger partial charge in [0.1, 0.15) is 5.75 Å². The van der Waals surface area contributed by atoms with Crippen LogP contribution in [0.5, 0.6) is 5.75 Å². The molecule has 118 valence electrons. The summed E-state index contributed by atoms with van der Waals surface area (Å²) in [5, 5.41) is 0. The third-order valence-corrected chi connectivity index (χ3v) is 3.74. The topological polar surface area (TPSA) is 112 Å². The zero-order valence-electron chi connectivity index (χ0n) is 10.8. The summed E-state index contributed by atoms with van der Waals surface area (Å²) >= 11 is 0. The first-order valence-corrected chi connectivity index (χ1v) is 7.02. The molecule has 1 aromatic carbocycles. The van der Waals surface area contributed by atoms with Crippen molar-refractivity contribution in [2.45, 2.75) is 24.4 Å². The van der Waals surface area contributed by atoms with Crippen molar-refractivity contribution < 1.29 is 30.6 Å². The van der Waals surface area contributed by atoms with Gasteiger partial charge in [-0.2, -0.15) is 21.6 Å². The minimum Gasteiger partial charge on any atom is -0.376 e. The molecular weight excluding hydrogens is 313 g/mol. The lowest BCUT2D eigenvalue weighted by Crippen LogP contribution is -2.40. The molecule has 0 aliphatic rings. The van der Waals surface area contributed by atoms with E-state index in [1.165, 1.54) is 12.1 Å². The SMILES string of the molecule is CC(c1ccc(OS(=O)(=O)C(F)(F)F)cc1)C(N)C(N)=O. The van der Waals surface area contributed by atoms with Crippen LogP contribution in [0.1, 0.15) is 18.4 Å². The van der Waals surface area contributed by atoms with E-state index in [0.29, 0.717) is 5.56 Å². The van der Waals surface area contributed by atoms with Crippen molar-refractivity contribution in [1.82, 2.24) is 0 Å². The summed E-state index contributed by atoms with van der Waals surface area (Å²) in [4.78, 5) is 10.9. The molecule has 0 fully saturated rings. The van der Waals surface area contributed by atoms with Gasteiger partial charge in [0.2, 0.25) is 5.91 Å². The van der Waals surface area contributed by atoms with Crippen molar-refractivity contribution >= 4 is 16.0 Å². The number of primary amides is 1. The van der Waals surface area contributed by atoms with Gasteiger partial charge in [0.05, 0.1) is 6.04 Å². The summed E-state index contributed by atoms with van der Waals surface area (Å²) in [6.07, 6.45) is 0. The lowest BCUT2D eigenvalue weighted by Gasteiger charge is -2.17. The summed E-state index contributed by atoms with van der Waals surface area (Å²) in [6.45, 7) is 1.59. The van der Waals surface area contributed by atoms with Gasteiger partial charge in [-0.15, -0.1) is 0 Å². The molecule has 1 rings (SSSR count). The molecule has 1 amide bonds. The maximum absolute atomic E-state index is 12.1. The van der Waals surface area contributed by atoms with E-state index in [-0.39, 0.29) is 0 Å². The molecule has 0 aliphatic heterocycles. The zero-order chi connectivity index (χ0) is 16.4. The van der Waals surface area contributed by atoms with Crippen LogP contribution in [0.2, 0.25) is 0 Å². The Labute approximate surface area is 119 Å². The van der Waals surface area contributed by atoms with Gasteiger partial charge in [0.15, 0.2) is 0 Å². The molecule has 0 aliphatic carbocycles. The molecule has 2 atom stereocenters. The predicted molar refractivity (Wildman–Crippen MR) is 67.6 cm³/mol. The summed E-state index contributed by atoms with van der Waals surface area (Å²) in [7, 11) is -5.71. The lowest BCUT2D eigenvalue weighted by atomic mass is 9.93. The molecule has 6 nitrogen and oxygen atoms in total. The number of hydrogen-bond acceptors (Lipinski definition) is 5. The van der Waals surface area contributed by atoms with E-state index in [1.807, 2.05) is 0 Å². The molecule has 0 aromatic heterocycles. The summed E-state index contributed by atoms with van der Waals surface area (Å²) in [5.41, 5.74) is 5.57. The predicted octanol–water partition coefficient (Wildman–Crippen LogP) is 0.831. The third-order valence-electron chi connectivity index (χ3n) is 2.76. The molecule has 4 N–H and O–H groups in total. The molecule has 0 saturated heterocycles. The maximum Gasteiger partial charge on any atom is 0.534 e. The molecule has 10 heteroatoms. The fourth-order valence-corrected chi connectivity index (χ4v) is 1.91. The van der Waals surface area contributed by atoms with Crippen LogP contribution in [-0.2, 0) is 14.9 Å². The van der Waals surface area contributed by atoms with E-state index < -0.39 is 39.2 Å². The van der Waals surface area contributed by atoms with Gasteiger partial charge in [-0.05, 0) is 17.7 Å². The molecule has 0 bridgehead atoms. The monoisotopic (exact) mass is 326 g/mol. The Hall–Kier alpha value is -1.81. The van der Waals surface area contributed by atoms with Crippen molar-refractivity contribution in [2.75, 3.05) is 0 Å². The van der Waals surface area contributed by atoms with Crippen LogP contribution in [0.3, 0.4) is 0 Å². The Morgan fingerprint density at radius 3 is 2.10 bits per heavy atom. The van der Waals surface area contributed by atoms with Crippen molar-refractivity contribution in [1.29, 1.82) is 0 Å². The first-order valence-electron chi connectivity index (χ1n) is 5.61. The number of carbonyl (C=O) groups excluding carboxylic acids is 1. The minimum atomic E-state index is -5.71. The fourth-order valence-electron chi connectivity index (χ4n) is 1.45. The molecule has 1 aromatic rings. The van der Waals surface area contributed by atoms with E-state index in [1.54, 1.807) is 6.92 Å².